The van der Waals surface area contributed by atoms with Gasteiger partial charge in [0.2, 0.25) is 0 Å². The lowest BCUT2D eigenvalue weighted by Gasteiger charge is -2.06. The molecular weight excluding hydrogens is 264 g/mol. The van der Waals surface area contributed by atoms with Gasteiger partial charge in [0.1, 0.15) is 18.1 Å². The standard InChI is InChI=1S/C15H11ClO3/c1-18-11-4-2-9-8-19-14-6-10(16)3-5-12(14)15(17)13(9)7-11/h2-7H,8H2,1H3. The Morgan fingerprint density at radius 2 is 2.00 bits per heavy atom. The largest absolute Gasteiger partial charge is 0.497 e. The van der Waals surface area contributed by atoms with Crippen LogP contribution in [0.3, 0.4) is 0 Å². The molecule has 0 aromatic heterocycles. The summed E-state index contributed by atoms with van der Waals surface area (Å²) in [6.45, 7) is 0.346. The van der Waals surface area contributed by atoms with E-state index in [1.807, 2.05) is 12.1 Å². The maximum absolute atomic E-state index is 12.5. The number of carbonyl (C=O) groups excluding carboxylic acids is 1. The fraction of sp³-hybridized carbons (Fsp3) is 0.133. The van der Waals surface area contributed by atoms with Crippen LogP contribution in [0.15, 0.2) is 36.4 Å². The minimum Gasteiger partial charge on any atom is -0.497 e. The number of methoxy groups -OCH3 is 1. The number of benzene rings is 2. The molecule has 0 saturated heterocycles. The highest BCUT2D eigenvalue weighted by Crippen LogP contribution is 2.32. The van der Waals surface area contributed by atoms with Gasteiger partial charge < -0.3 is 9.47 Å². The number of carbonyl (C=O) groups is 1. The predicted octanol–water partition coefficient (Wildman–Crippen LogP) is 3.47. The van der Waals surface area contributed by atoms with Gasteiger partial charge in [0.15, 0.2) is 5.78 Å². The number of hydrogen-bond donors (Lipinski definition) is 0. The molecular formula is C15H11ClO3. The zero-order valence-electron chi connectivity index (χ0n) is 10.3. The number of ether oxygens (including phenoxy) is 2. The van der Waals surface area contributed by atoms with Crippen LogP contribution < -0.4 is 9.47 Å². The van der Waals surface area contributed by atoms with Gasteiger partial charge in [-0.05, 0) is 30.3 Å². The molecule has 0 spiro atoms. The first-order valence-electron chi connectivity index (χ1n) is 5.83. The SMILES string of the molecule is COc1ccc2c(c1)C(=O)c1ccc(Cl)cc1OC2. The number of ketones is 1. The van der Waals surface area contributed by atoms with E-state index in [9.17, 15) is 4.79 Å². The van der Waals surface area contributed by atoms with Gasteiger partial charge in [-0.25, -0.2) is 0 Å². The van der Waals surface area contributed by atoms with Crippen LogP contribution in [0, 0.1) is 0 Å². The van der Waals surface area contributed by atoms with Gasteiger partial charge in [-0.15, -0.1) is 0 Å². The van der Waals surface area contributed by atoms with Crippen molar-refractivity contribution >= 4 is 17.4 Å². The van der Waals surface area contributed by atoms with Crippen LogP contribution in [-0.2, 0) is 6.61 Å². The number of halogens is 1. The molecule has 0 radical (unpaired) electrons. The molecule has 2 aromatic carbocycles. The van der Waals surface area contributed by atoms with E-state index < -0.39 is 0 Å². The third-order valence-electron chi connectivity index (χ3n) is 3.13. The molecule has 3 nitrogen and oxygen atoms in total. The van der Waals surface area contributed by atoms with Crippen LogP contribution in [0.5, 0.6) is 11.5 Å². The Labute approximate surface area is 115 Å². The van der Waals surface area contributed by atoms with Crippen molar-refractivity contribution in [1.82, 2.24) is 0 Å². The summed E-state index contributed by atoms with van der Waals surface area (Å²) < 4.78 is 10.8. The first-order chi connectivity index (χ1) is 9.19. The second kappa shape index (κ2) is 4.59. The minimum atomic E-state index is -0.0712. The summed E-state index contributed by atoms with van der Waals surface area (Å²) in [6.07, 6.45) is 0. The highest BCUT2D eigenvalue weighted by Gasteiger charge is 2.22. The molecule has 1 aliphatic heterocycles. The van der Waals surface area contributed by atoms with Crippen molar-refractivity contribution in [3.8, 4) is 11.5 Å². The second-order valence-electron chi connectivity index (χ2n) is 4.28. The number of rotatable bonds is 1. The second-order valence-corrected chi connectivity index (χ2v) is 4.72. The van der Waals surface area contributed by atoms with Crippen molar-refractivity contribution in [1.29, 1.82) is 0 Å². The lowest BCUT2D eigenvalue weighted by molar-refractivity contribution is 0.103. The van der Waals surface area contributed by atoms with E-state index in [1.165, 1.54) is 0 Å². The van der Waals surface area contributed by atoms with E-state index in [4.69, 9.17) is 21.1 Å². The van der Waals surface area contributed by atoms with Crippen molar-refractivity contribution in [2.75, 3.05) is 7.11 Å². The Balaban J connectivity index is 2.16. The van der Waals surface area contributed by atoms with Crippen molar-refractivity contribution < 1.29 is 14.3 Å². The molecule has 0 atom stereocenters. The van der Waals surface area contributed by atoms with E-state index >= 15 is 0 Å². The summed E-state index contributed by atoms with van der Waals surface area (Å²) in [5, 5.41) is 0.551. The van der Waals surface area contributed by atoms with Crippen molar-refractivity contribution in [2.45, 2.75) is 6.61 Å². The average molecular weight is 275 g/mol. The molecule has 96 valence electrons. The summed E-state index contributed by atoms with van der Waals surface area (Å²) in [6, 6.07) is 10.4. The van der Waals surface area contributed by atoms with Gasteiger partial charge in [0.25, 0.3) is 0 Å². The van der Waals surface area contributed by atoms with Crippen LogP contribution in [-0.4, -0.2) is 12.9 Å². The molecule has 0 saturated carbocycles. The lowest BCUT2D eigenvalue weighted by Crippen LogP contribution is -2.03. The Morgan fingerprint density at radius 1 is 1.16 bits per heavy atom. The van der Waals surface area contributed by atoms with Gasteiger partial charge in [0, 0.05) is 16.1 Å². The van der Waals surface area contributed by atoms with Crippen LogP contribution in [0.4, 0.5) is 0 Å². The third kappa shape index (κ3) is 2.06. The van der Waals surface area contributed by atoms with E-state index in [1.54, 1.807) is 31.4 Å². The molecule has 0 bridgehead atoms. The van der Waals surface area contributed by atoms with Crippen molar-refractivity contribution in [3.05, 3.63) is 58.1 Å². The van der Waals surface area contributed by atoms with E-state index in [0.29, 0.717) is 34.3 Å². The quantitative estimate of drug-likeness (QED) is 0.799. The van der Waals surface area contributed by atoms with Crippen LogP contribution >= 0.6 is 11.6 Å². The van der Waals surface area contributed by atoms with Gasteiger partial charge in [0.05, 0.1) is 12.7 Å². The van der Waals surface area contributed by atoms with Gasteiger partial charge in [-0.3, -0.25) is 4.79 Å². The molecule has 0 aliphatic carbocycles. The maximum atomic E-state index is 12.5. The molecule has 1 aliphatic rings. The Morgan fingerprint density at radius 3 is 2.79 bits per heavy atom. The highest BCUT2D eigenvalue weighted by molar-refractivity contribution is 6.31. The molecule has 2 aromatic rings. The Bertz CT molecular complexity index is 664. The lowest BCUT2D eigenvalue weighted by atomic mass is 9.99. The van der Waals surface area contributed by atoms with Crippen LogP contribution in [0.1, 0.15) is 21.5 Å². The van der Waals surface area contributed by atoms with Gasteiger partial charge >= 0.3 is 0 Å². The Hall–Kier alpha value is -2.00. The fourth-order valence-corrected chi connectivity index (χ4v) is 2.29. The molecule has 1 heterocycles. The molecule has 3 rings (SSSR count). The third-order valence-corrected chi connectivity index (χ3v) is 3.37. The maximum Gasteiger partial charge on any atom is 0.197 e. The molecule has 0 amide bonds. The number of fused-ring (bicyclic) bond motifs is 2. The summed E-state index contributed by atoms with van der Waals surface area (Å²) in [5.74, 6) is 1.11. The first-order valence-corrected chi connectivity index (χ1v) is 6.21. The molecule has 0 N–H and O–H groups in total. The zero-order valence-corrected chi connectivity index (χ0v) is 11.0. The summed E-state index contributed by atoms with van der Waals surface area (Å²) >= 11 is 5.93. The smallest absolute Gasteiger partial charge is 0.197 e. The first kappa shape index (κ1) is 12.1. The molecule has 19 heavy (non-hydrogen) atoms. The molecule has 0 fully saturated rings. The normalized spacial score (nSPS) is 13.1. The van der Waals surface area contributed by atoms with Crippen molar-refractivity contribution in [2.24, 2.45) is 0 Å². The molecule has 0 unspecified atom stereocenters. The van der Waals surface area contributed by atoms with Crippen LogP contribution in [0.2, 0.25) is 5.02 Å². The van der Waals surface area contributed by atoms with E-state index in [2.05, 4.69) is 0 Å². The highest BCUT2D eigenvalue weighted by atomic mass is 35.5. The molecule has 4 heteroatoms. The predicted molar refractivity (Wildman–Crippen MR) is 72.2 cm³/mol. The van der Waals surface area contributed by atoms with Gasteiger partial charge in [-0.1, -0.05) is 17.7 Å². The zero-order chi connectivity index (χ0) is 13.4. The number of hydrogen-bond acceptors (Lipinski definition) is 3. The Kier molecular flexibility index (Phi) is 2.91. The minimum absolute atomic E-state index is 0.0712. The summed E-state index contributed by atoms with van der Waals surface area (Å²) in [4.78, 5) is 12.5. The van der Waals surface area contributed by atoms with Gasteiger partial charge in [-0.2, -0.15) is 0 Å². The fourth-order valence-electron chi connectivity index (χ4n) is 2.12. The summed E-state index contributed by atoms with van der Waals surface area (Å²) in [5.41, 5.74) is 1.98. The summed E-state index contributed by atoms with van der Waals surface area (Å²) in [7, 11) is 1.58. The van der Waals surface area contributed by atoms with Crippen molar-refractivity contribution in [3.63, 3.8) is 0 Å². The average Bonchev–Trinajstić information content (AvgIpc) is 2.56. The van der Waals surface area contributed by atoms with E-state index in [-0.39, 0.29) is 5.78 Å². The topological polar surface area (TPSA) is 35.5 Å². The monoisotopic (exact) mass is 274 g/mol. The van der Waals surface area contributed by atoms with E-state index in [0.717, 1.165) is 5.56 Å². The van der Waals surface area contributed by atoms with Crippen LogP contribution in [0.25, 0.3) is 0 Å².